The van der Waals surface area contributed by atoms with E-state index in [0.717, 1.165) is 41.8 Å². The van der Waals surface area contributed by atoms with Crippen molar-refractivity contribution in [1.82, 2.24) is 15.3 Å². The Morgan fingerprint density at radius 2 is 2.03 bits per heavy atom. The van der Waals surface area contributed by atoms with Crippen molar-refractivity contribution in [3.8, 4) is 5.75 Å². The zero-order valence-corrected chi connectivity index (χ0v) is 19.9. The number of aryl methyl sites for hydroxylation is 1. The minimum Gasteiger partial charge on any atom is -0.497 e. The van der Waals surface area contributed by atoms with Crippen LogP contribution in [0.1, 0.15) is 24.1 Å². The molecule has 8 nitrogen and oxygen atoms in total. The highest BCUT2D eigenvalue weighted by Gasteiger charge is 2.27. The number of nitrogens with zero attached hydrogens (tertiary/aromatic N) is 3. The molecule has 0 radical (unpaired) electrons. The van der Waals surface area contributed by atoms with E-state index in [-0.39, 0.29) is 16.7 Å². The summed E-state index contributed by atoms with van der Waals surface area (Å²) in [6.07, 6.45) is 2.83. The van der Waals surface area contributed by atoms with Crippen LogP contribution in [-0.4, -0.2) is 50.7 Å². The highest BCUT2D eigenvalue weighted by atomic mass is 32.2. The Bertz CT molecular complexity index is 1290. The fourth-order valence-electron chi connectivity index (χ4n) is 4.11. The number of fused-ring (bicyclic) bond motifs is 1. The maximum Gasteiger partial charge on any atom is 0.226 e. The Kier molecular flexibility index (Phi) is 6.51. The highest BCUT2D eigenvalue weighted by Crippen LogP contribution is 2.26. The average Bonchev–Trinajstić information content (AvgIpc) is 2.81. The monoisotopic (exact) mass is 468 g/mol. The molecule has 1 aliphatic heterocycles. The van der Waals surface area contributed by atoms with Crippen LogP contribution in [0.4, 0.5) is 5.95 Å². The molecule has 1 aliphatic rings. The van der Waals surface area contributed by atoms with Gasteiger partial charge in [-0.3, -0.25) is 4.79 Å². The summed E-state index contributed by atoms with van der Waals surface area (Å²) in [5, 5.41) is 3.84. The standard InChI is InChI=1S/C24H28N4O4S/c1-16-21-10-9-20(33(3,30)31)13-22(21)27-24(26-16)28-11-5-7-18(15-28)23(29)25-14-17-6-4-8-19(12-17)32-2/h4,6,8-10,12-13,18H,5,7,11,14-15H2,1-3H3,(H,25,29). The number of amides is 1. The molecule has 9 heteroatoms. The molecule has 0 bridgehead atoms. The van der Waals surface area contributed by atoms with Gasteiger partial charge in [0.15, 0.2) is 9.84 Å². The number of aromatic nitrogens is 2. The largest absolute Gasteiger partial charge is 0.497 e. The molecular formula is C24H28N4O4S. The molecule has 0 spiro atoms. The van der Waals surface area contributed by atoms with Crippen LogP contribution in [0, 0.1) is 12.8 Å². The molecule has 2 aromatic carbocycles. The van der Waals surface area contributed by atoms with Crippen LogP contribution in [0.5, 0.6) is 5.75 Å². The number of piperidine rings is 1. The van der Waals surface area contributed by atoms with Gasteiger partial charge in [-0.25, -0.2) is 18.4 Å². The lowest BCUT2D eigenvalue weighted by Gasteiger charge is -2.32. The fourth-order valence-corrected chi connectivity index (χ4v) is 4.75. The van der Waals surface area contributed by atoms with E-state index in [1.165, 1.54) is 6.26 Å². The fraction of sp³-hybridized carbons (Fsp3) is 0.375. The lowest BCUT2D eigenvalue weighted by Crippen LogP contribution is -2.43. The van der Waals surface area contributed by atoms with Gasteiger partial charge in [-0.1, -0.05) is 12.1 Å². The van der Waals surface area contributed by atoms with Crippen molar-refractivity contribution in [2.45, 2.75) is 31.2 Å². The van der Waals surface area contributed by atoms with E-state index in [4.69, 9.17) is 4.74 Å². The summed E-state index contributed by atoms with van der Waals surface area (Å²) in [6, 6.07) is 12.5. The number of methoxy groups -OCH3 is 1. The molecule has 1 N–H and O–H groups in total. The molecule has 1 fully saturated rings. The number of sulfone groups is 1. The van der Waals surface area contributed by atoms with E-state index < -0.39 is 9.84 Å². The van der Waals surface area contributed by atoms with Crippen molar-refractivity contribution >= 4 is 32.6 Å². The van der Waals surface area contributed by atoms with E-state index in [9.17, 15) is 13.2 Å². The Labute approximate surface area is 193 Å². The van der Waals surface area contributed by atoms with Crippen molar-refractivity contribution in [3.63, 3.8) is 0 Å². The minimum atomic E-state index is -3.33. The first-order valence-electron chi connectivity index (χ1n) is 10.9. The third-order valence-corrected chi connectivity index (χ3v) is 7.06. The van der Waals surface area contributed by atoms with E-state index in [1.807, 2.05) is 36.1 Å². The van der Waals surface area contributed by atoms with Crippen molar-refractivity contribution in [2.75, 3.05) is 31.4 Å². The summed E-state index contributed by atoms with van der Waals surface area (Å²) in [5.74, 6) is 1.11. The molecule has 4 rings (SSSR count). The van der Waals surface area contributed by atoms with Crippen LogP contribution >= 0.6 is 0 Å². The smallest absolute Gasteiger partial charge is 0.226 e. The molecule has 1 atom stereocenters. The van der Waals surface area contributed by atoms with Crippen LogP contribution in [0.15, 0.2) is 47.4 Å². The molecule has 33 heavy (non-hydrogen) atoms. The predicted molar refractivity (Wildman–Crippen MR) is 127 cm³/mol. The van der Waals surface area contributed by atoms with Gasteiger partial charge in [0.05, 0.1) is 29.1 Å². The van der Waals surface area contributed by atoms with Gasteiger partial charge in [-0.15, -0.1) is 0 Å². The molecule has 1 unspecified atom stereocenters. The van der Waals surface area contributed by atoms with Crippen molar-refractivity contribution in [1.29, 1.82) is 0 Å². The van der Waals surface area contributed by atoms with Gasteiger partial charge in [0.2, 0.25) is 11.9 Å². The van der Waals surface area contributed by atoms with Crippen LogP contribution in [0.25, 0.3) is 10.9 Å². The predicted octanol–water partition coefficient (Wildman–Crippen LogP) is 2.88. The number of rotatable bonds is 6. The number of benzene rings is 2. The van der Waals surface area contributed by atoms with Gasteiger partial charge in [0.1, 0.15) is 5.75 Å². The van der Waals surface area contributed by atoms with E-state index in [0.29, 0.717) is 24.6 Å². The quantitative estimate of drug-likeness (QED) is 0.594. The number of anilines is 1. The second kappa shape index (κ2) is 9.35. The average molecular weight is 469 g/mol. The molecule has 1 aromatic heterocycles. The highest BCUT2D eigenvalue weighted by molar-refractivity contribution is 7.90. The Balaban J connectivity index is 1.49. The van der Waals surface area contributed by atoms with Crippen molar-refractivity contribution in [3.05, 3.63) is 53.7 Å². The van der Waals surface area contributed by atoms with Crippen LogP contribution in [0.2, 0.25) is 0 Å². The minimum absolute atomic E-state index is 0.000561. The number of carbonyl (C=O) groups is 1. The first-order valence-corrected chi connectivity index (χ1v) is 12.8. The third kappa shape index (κ3) is 5.24. The summed E-state index contributed by atoms with van der Waals surface area (Å²) in [7, 11) is -1.72. The van der Waals surface area contributed by atoms with E-state index >= 15 is 0 Å². The summed E-state index contributed by atoms with van der Waals surface area (Å²) in [5.41, 5.74) is 2.34. The Hall–Kier alpha value is -3.20. The lowest BCUT2D eigenvalue weighted by molar-refractivity contribution is -0.125. The third-order valence-electron chi connectivity index (χ3n) is 5.95. The second-order valence-corrected chi connectivity index (χ2v) is 10.4. The van der Waals surface area contributed by atoms with Gasteiger partial charge < -0.3 is 15.0 Å². The topological polar surface area (TPSA) is 101 Å². The number of carbonyl (C=O) groups excluding carboxylic acids is 1. The second-order valence-electron chi connectivity index (χ2n) is 8.41. The van der Waals surface area contributed by atoms with Crippen LogP contribution in [0.3, 0.4) is 0 Å². The number of hydrogen-bond acceptors (Lipinski definition) is 7. The van der Waals surface area contributed by atoms with Gasteiger partial charge in [-0.05, 0) is 55.7 Å². The molecule has 0 aliphatic carbocycles. The first-order chi connectivity index (χ1) is 15.7. The van der Waals surface area contributed by atoms with Gasteiger partial charge >= 0.3 is 0 Å². The zero-order valence-electron chi connectivity index (χ0n) is 19.0. The van der Waals surface area contributed by atoms with Gasteiger partial charge in [0.25, 0.3) is 0 Å². The molecule has 0 saturated carbocycles. The van der Waals surface area contributed by atoms with Crippen LogP contribution in [-0.2, 0) is 21.2 Å². The number of hydrogen-bond donors (Lipinski definition) is 1. The van der Waals surface area contributed by atoms with Crippen molar-refractivity contribution < 1.29 is 17.9 Å². The normalized spacial score (nSPS) is 16.6. The van der Waals surface area contributed by atoms with Crippen LogP contribution < -0.4 is 15.0 Å². The summed E-state index contributed by atoms with van der Waals surface area (Å²) < 4.78 is 29.2. The molecule has 174 valence electrons. The summed E-state index contributed by atoms with van der Waals surface area (Å²) in [4.78, 5) is 24.4. The SMILES string of the molecule is COc1cccc(CNC(=O)C2CCCN(c3nc(C)c4ccc(S(C)(=O)=O)cc4n3)C2)c1. The molecule has 1 amide bonds. The molecular weight excluding hydrogens is 440 g/mol. The maximum absolute atomic E-state index is 12.9. The summed E-state index contributed by atoms with van der Waals surface area (Å²) in [6.45, 7) is 3.58. The van der Waals surface area contributed by atoms with Gasteiger partial charge in [0, 0.05) is 31.3 Å². The van der Waals surface area contributed by atoms with E-state index in [1.54, 1.807) is 25.3 Å². The molecule has 1 saturated heterocycles. The summed E-state index contributed by atoms with van der Waals surface area (Å²) >= 11 is 0. The number of ether oxygens (including phenoxy) is 1. The number of nitrogens with one attached hydrogen (secondary N) is 1. The Morgan fingerprint density at radius 1 is 1.21 bits per heavy atom. The zero-order chi connectivity index (χ0) is 23.6. The molecule has 3 aromatic rings. The van der Waals surface area contributed by atoms with E-state index in [2.05, 4.69) is 15.3 Å². The lowest BCUT2D eigenvalue weighted by atomic mass is 9.97. The maximum atomic E-state index is 12.9. The van der Waals surface area contributed by atoms with Gasteiger partial charge in [-0.2, -0.15) is 0 Å². The molecule has 2 heterocycles. The Morgan fingerprint density at radius 3 is 2.79 bits per heavy atom. The van der Waals surface area contributed by atoms with Crippen molar-refractivity contribution in [2.24, 2.45) is 5.92 Å². The first kappa shape index (κ1) is 23.0.